The number of para-hydroxylation sites is 1. The van der Waals surface area contributed by atoms with Crippen molar-refractivity contribution in [2.45, 2.75) is 24.9 Å². The number of benzene rings is 1. The minimum absolute atomic E-state index is 0.172. The molecule has 1 aromatic carbocycles. The molecule has 0 saturated heterocycles. The van der Waals surface area contributed by atoms with Crippen molar-refractivity contribution in [1.29, 1.82) is 0 Å². The van der Waals surface area contributed by atoms with Gasteiger partial charge < -0.3 is 5.73 Å². The Morgan fingerprint density at radius 3 is 2.81 bits per heavy atom. The number of nitrogens with two attached hydrogens (primary N) is 1. The van der Waals surface area contributed by atoms with Crippen LogP contribution in [0.5, 0.6) is 0 Å². The molecule has 2 heterocycles. The molecule has 2 N–H and O–H groups in total. The van der Waals surface area contributed by atoms with Gasteiger partial charge in [0.25, 0.3) is 0 Å². The van der Waals surface area contributed by atoms with Gasteiger partial charge in [-0.05, 0) is 12.1 Å². The number of thioether (sulfide) groups is 1. The van der Waals surface area contributed by atoms with E-state index in [1.807, 2.05) is 28.7 Å². The van der Waals surface area contributed by atoms with Gasteiger partial charge >= 0.3 is 0 Å². The van der Waals surface area contributed by atoms with Gasteiger partial charge in [-0.1, -0.05) is 37.7 Å². The molecule has 3 aromatic rings. The first-order chi connectivity index (χ1) is 10.1. The number of carbonyl (C=O) groups excluding carboxylic acids is 1. The fourth-order valence-corrected chi connectivity index (χ4v) is 2.88. The number of aromatic nitrogens is 4. The number of primary amides is 1. The van der Waals surface area contributed by atoms with Gasteiger partial charge in [0.2, 0.25) is 5.91 Å². The Morgan fingerprint density at radius 1 is 1.33 bits per heavy atom. The number of hydrogen-bond donors (Lipinski definition) is 1. The Morgan fingerprint density at radius 2 is 2.10 bits per heavy atom. The number of fused-ring (bicyclic) bond motifs is 3. The topological polar surface area (TPSA) is 86.2 Å². The number of hydrogen-bond acceptors (Lipinski definition) is 5. The summed E-state index contributed by atoms with van der Waals surface area (Å²) in [5, 5.41) is 10.0. The highest BCUT2D eigenvalue weighted by atomic mass is 32.2. The Bertz CT molecular complexity index is 827. The SMILES string of the molecule is CC(C)c1nc2ccccc2c2nnc(SCC(N)=O)n12. The first kappa shape index (κ1) is 13.8. The van der Waals surface area contributed by atoms with Gasteiger partial charge in [0.15, 0.2) is 10.8 Å². The van der Waals surface area contributed by atoms with Gasteiger partial charge in [0.05, 0.1) is 11.3 Å². The standard InChI is InChI=1S/C14H15N5OS/c1-8(2)12-16-10-6-4-3-5-9(10)13-17-18-14(19(12)13)21-7-11(15)20/h3-6,8H,7H2,1-2H3,(H2,15,20). The number of rotatable bonds is 4. The summed E-state index contributed by atoms with van der Waals surface area (Å²) in [4.78, 5) is 15.7. The molecule has 0 spiro atoms. The molecule has 0 atom stereocenters. The van der Waals surface area contributed by atoms with E-state index in [0.29, 0.717) is 5.16 Å². The summed E-state index contributed by atoms with van der Waals surface area (Å²) in [5.41, 5.74) is 6.86. The monoisotopic (exact) mass is 301 g/mol. The van der Waals surface area contributed by atoms with Gasteiger partial charge in [-0.2, -0.15) is 0 Å². The number of amides is 1. The summed E-state index contributed by atoms with van der Waals surface area (Å²) >= 11 is 1.28. The largest absolute Gasteiger partial charge is 0.369 e. The van der Waals surface area contributed by atoms with Crippen LogP contribution >= 0.6 is 11.8 Å². The molecule has 3 rings (SSSR count). The molecule has 0 radical (unpaired) electrons. The van der Waals surface area contributed by atoms with E-state index in [4.69, 9.17) is 10.7 Å². The zero-order valence-electron chi connectivity index (χ0n) is 11.8. The predicted octanol–water partition coefficient (Wildman–Crippen LogP) is 1.98. The van der Waals surface area contributed by atoms with Crippen LogP contribution < -0.4 is 5.73 Å². The minimum Gasteiger partial charge on any atom is -0.369 e. The maximum absolute atomic E-state index is 11.0. The van der Waals surface area contributed by atoms with Crippen LogP contribution in [0.3, 0.4) is 0 Å². The summed E-state index contributed by atoms with van der Waals surface area (Å²) in [7, 11) is 0. The molecule has 108 valence electrons. The fourth-order valence-electron chi connectivity index (χ4n) is 2.20. The van der Waals surface area contributed by atoms with Crippen LogP contribution in [-0.2, 0) is 4.79 Å². The lowest BCUT2D eigenvalue weighted by Crippen LogP contribution is -2.14. The van der Waals surface area contributed by atoms with E-state index in [1.54, 1.807) is 0 Å². The number of carbonyl (C=O) groups is 1. The lowest BCUT2D eigenvalue weighted by molar-refractivity contribution is -0.115. The van der Waals surface area contributed by atoms with Crippen LogP contribution in [0.15, 0.2) is 29.4 Å². The Hall–Kier alpha value is -2.15. The molecule has 0 unspecified atom stereocenters. The van der Waals surface area contributed by atoms with Crippen LogP contribution in [0.25, 0.3) is 16.6 Å². The maximum atomic E-state index is 11.0. The van der Waals surface area contributed by atoms with Crippen LogP contribution in [-0.4, -0.2) is 31.2 Å². The molecule has 21 heavy (non-hydrogen) atoms. The Labute approximate surface area is 125 Å². The van der Waals surface area contributed by atoms with E-state index in [2.05, 4.69) is 24.0 Å². The highest BCUT2D eigenvalue weighted by Gasteiger charge is 2.17. The second-order valence-electron chi connectivity index (χ2n) is 5.04. The first-order valence-electron chi connectivity index (χ1n) is 6.63. The zero-order valence-corrected chi connectivity index (χ0v) is 12.6. The summed E-state index contributed by atoms with van der Waals surface area (Å²) in [6.07, 6.45) is 0. The van der Waals surface area contributed by atoms with Crippen LogP contribution in [0.2, 0.25) is 0 Å². The first-order valence-corrected chi connectivity index (χ1v) is 7.61. The van der Waals surface area contributed by atoms with E-state index in [9.17, 15) is 4.79 Å². The molecule has 7 heteroatoms. The molecule has 0 saturated carbocycles. The van der Waals surface area contributed by atoms with E-state index in [1.165, 1.54) is 11.8 Å². The summed E-state index contributed by atoms with van der Waals surface area (Å²) in [6, 6.07) is 7.84. The second-order valence-corrected chi connectivity index (χ2v) is 5.98. The molecule has 1 amide bonds. The van der Waals surface area contributed by atoms with Crippen LogP contribution in [0.4, 0.5) is 0 Å². The van der Waals surface area contributed by atoms with Crippen molar-refractivity contribution in [2.75, 3.05) is 5.75 Å². The molecule has 2 aromatic heterocycles. The molecule has 0 bridgehead atoms. The van der Waals surface area contributed by atoms with Gasteiger partial charge in [-0.25, -0.2) is 4.98 Å². The molecular weight excluding hydrogens is 286 g/mol. The highest BCUT2D eigenvalue weighted by Crippen LogP contribution is 2.26. The van der Waals surface area contributed by atoms with Crippen molar-refractivity contribution in [3.05, 3.63) is 30.1 Å². The zero-order chi connectivity index (χ0) is 15.0. The molecule has 0 aliphatic heterocycles. The third-order valence-corrected chi connectivity index (χ3v) is 4.05. The smallest absolute Gasteiger partial charge is 0.227 e. The van der Waals surface area contributed by atoms with Crippen molar-refractivity contribution in [3.8, 4) is 0 Å². The lowest BCUT2D eigenvalue weighted by atomic mass is 10.2. The molecule has 6 nitrogen and oxygen atoms in total. The van der Waals surface area contributed by atoms with Gasteiger partial charge in [-0.15, -0.1) is 10.2 Å². The van der Waals surface area contributed by atoms with E-state index in [0.717, 1.165) is 22.4 Å². The third-order valence-electron chi connectivity index (χ3n) is 3.10. The highest BCUT2D eigenvalue weighted by molar-refractivity contribution is 7.99. The summed E-state index contributed by atoms with van der Waals surface area (Å²) in [5.74, 6) is 0.879. The van der Waals surface area contributed by atoms with Crippen molar-refractivity contribution in [3.63, 3.8) is 0 Å². The predicted molar refractivity (Wildman–Crippen MR) is 82.3 cm³/mol. The lowest BCUT2D eigenvalue weighted by Gasteiger charge is -2.11. The third kappa shape index (κ3) is 2.44. The van der Waals surface area contributed by atoms with Crippen molar-refractivity contribution >= 4 is 34.2 Å². The van der Waals surface area contributed by atoms with Crippen LogP contribution in [0.1, 0.15) is 25.6 Å². The minimum atomic E-state index is -0.378. The van der Waals surface area contributed by atoms with Crippen LogP contribution in [0, 0.1) is 0 Å². The van der Waals surface area contributed by atoms with Crippen molar-refractivity contribution < 1.29 is 4.79 Å². The molecule has 0 aliphatic carbocycles. The van der Waals surface area contributed by atoms with Gasteiger partial charge in [0.1, 0.15) is 5.82 Å². The normalized spacial score (nSPS) is 11.6. The van der Waals surface area contributed by atoms with E-state index < -0.39 is 0 Å². The fraction of sp³-hybridized carbons (Fsp3) is 0.286. The Balaban J connectivity index is 2.27. The summed E-state index contributed by atoms with van der Waals surface area (Å²) in [6.45, 7) is 4.14. The second kappa shape index (κ2) is 5.33. The van der Waals surface area contributed by atoms with Crippen molar-refractivity contribution in [2.24, 2.45) is 5.73 Å². The van der Waals surface area contributed by atoms with Gasteiger partial charge in [-0.3, -0.25) is 9.20 Å². The maximum Gasteiger partial charge on any atom is 0.227 e. The number of nitrogens with zero attached hydrogens (tertiary/aromatic N) is 4. The van der Waals surface area contributed by atoms with E-state index in [-0.39, 0.29) is 17.6 Å². The average Bonchev–Trinajstić information content (AvgIpc) is 2.88. The average molecular weight is 301 g/mol. The van der Waals surface area contributed by atoms with Crippen molar-refractivity contribution in [1.82, 2.24) is 19.6 Å². The molecular formula is C14H15N5OS. The summed E-state index contributed by atoms with van der Waals surface area (Å²) < 4.78 is 1.92. The molecule has 0 aliphatic rings. The quantitative estimate of drug-likeness (QED) is 0.745. The Kier molecular flexibility index (Phi) is 3.50. The van der Waals surface area contributed by atoms with Gasteiger partial charge in [0, 0.05) is 11.3 Å². The molecule has 0 fully saturated rings. The van der Waals surface area contributed by atoms with E-state index >= 15 is 0 Å².